The summed E-state index contributed by atoms with van der Waals surface area (Å²) in [6, 6.07) is 12.0. The standard InChI is InChI=1S/C18H22N4O/c1-21(2)12-5-13-22-17(14-7-9-15(23-3)10-8-14)20-16-6-4-11-19-18(16)22/h4,6-11H,5,12-13H2,1-3H3. The van der Waals surface area contributed by atoms with Gasteiger partial charge in [0.1, 0.15) is 17.1 Å². The van der Waals surface area contributed by atoms with Crippen LogP contribution in [0.1, 0.15) is 6.42 Å². The van der Waals surface area contributed by atoms with Gasteiger partial charge in [0.2, 0.25) is 0 Å². The highest BCUT2D eigenvalue weighted by Gasteiger charge is 2.13. The van der Waals surface area contributed by atoms with Gasteiger partial charge in [0.15, 0.2) is 5.65 Å². The first-order valence-electron chi connectivity index (χ1n) is 7.79. The Hall–Kier alpha value is -2.40. The molecular weight excluding hydrogens is 288 g/mol. The molecule has 0 bridgehead atoms. The predicted molar refractivity (Wildman–Crippen MR) is 92.7 cm³/mol. The number of methoxy groups -OCH3 is 1. The maximum absolute atomic E-state index is 5.24. The fraction of sp³-hybridized carbons (Fsp3) is 0.333. The van der Waals surface area contributed by atoms with Crippen LogP contribution < -0.4 is 4.74 Å². The number of hydrogen-bond acceptors (Lipinski definition) is 4. The van der Waals surface area contributed by atoms with Crippen molar-refractivity contribution in [1.29, 1.82) is 0 Å². The Morgan fingerprint density at radius 2 is 1.91 bits per heavy atom. The van der Waals surface area contributed by atoms with Gasteiger partial charge in [-0.25, -0.2) is 9.97 Å². The van der Waals surface area contributed by atoms with Gasteiger partial charge in [0.05, 0.1) is 7.11 Å². The van der Waals surface area contributed by atoms with Gasteiger partial charge in [0, 0.05) is 18.3 Å². The van der Waals surface area contributed by atoms with Crippen molar-refractivity contribution < 1.29 is 4.74 Å². The number of nitrogens with zero attached hydrogens (tertiary/aromatic N) is 4. The van der Waals surface area contributed by atoms with E-state index in [2.05, 4.69) is 28.5 Å². The fourth-order valence-corrected chi connectivity index (χ4v) is 2.68. The number of ether oxygens (including phenoxy) is 1. The second-order valence-electron chi connectivity index (χ2n) is 5.82. The number of imidazole rings is 1. The molecule has 0 fully saturated rings. The lowest BCUT2D eigenvalue weighted by Gasteiger charge is -2.12. The average molecular weight is 310 g/mol. The zero-order valence-electron chi connectivity index (χ0n) is 13.9. The topological polar surface area (TPSA) is 43.2 Å². The molecule has 2 heterocycles. The quantitative estimate of drug-likeness (QED) is 0.702. The Labute approximate surface area is 136 Å². The van der Waals surface area contributed by atoms with Gasteiger partial charge in [-0.2, -0.15) is 0 Å². The Balaban J connectivity index is 2.00. The lowest BCUT2D eigenvalue weighted by molar-refractivity contribution is 0.388. The van der Waals surface area contributed by atoms with Crippen LogP contribution in [0.4, 0.5) is 0 Å². The third-order valence-corrected chi connectivity index (χ3v) is 3.84. The molecule has 2 aromatic heterocycles. The average Bonchev–Trinajstić information content (AvgIpc) is 2.93. The summed E-state index contributed by atoms with van der Waals surface area (Å²) in [5.74, 6) is 1.81. The Kier molecular flexibility index (Phi) is 4.57. The van der Waals surface area contributed by atoms with Gasteiger partial charge >= 0.3 is 0 Å². The van der Waals surface area contributed by atoms with Crippen LogP contribution in [0.25, 0.3) is 22.6 Å². The molecule has 0 N–H and O–H groups in total. The van der Waals surface area contributed by atoms with Gasteiger partial charge in [-0.3, -0.25) is 0 Å². The fourth-order valence-electron chi connectivity index (χ4n) is 2.68. The first kappa shape index (κ1) is 15.5. The van der Waals surface area contributed by atoms with Gasteiger partial charge in [-0.1, -0.05) is 0 Å². The molecule has 3 rings (SSSR count). The predicted octanol–water partition coefficient (Wildman–Crippen LogP) is 3.06. The zero-order valence-corrected chi connectivity index (χ0v) is 13.9. The van der Waals surface area contributed by atoms with E-state index in [0.29, 0.717) is 0 Å². The summed E-state index contributed by atoms with van der Waals surface area (Å²) in [6.45, 7) is 1.93. The minimum atomic E-state index is 0.849. The van der Waals surface area contributed by atoms with Crippen molar-refractivity contribution in [3.05, 3.63) is 42.6 Å². The molecule has 120 valence electrons. The summed E-state index contributed by atoms with van der Waals surface area (Å²) in [4.78, 5) is 11.5. The van der Waals surface area contributed by atoms with E-state index in [1.54, 1.807) is 7.11 Å². The summed E-state index contributed by atoms with van der Waals surface area (Å²) in [7, 11) is 5.86. The maximum Gasteiger partial charge on any atom is 0.160 e. The van der Waals surface area contributed by atoms with Crippen molar-refractivity contribution in [3.8, 4) is 17.1 Å². The van der Waals surface area contributed by atoms with Crippen LogP contribution in [-0.4, -0.2) is 47.2 Å². The van der Waals surface area contributed by atoms with Crippen LogP contribution in [0.5, 0.6) is 5.75 Å². The third kappa shape index (κ3) is 3.35. The van der Waals surface area contributed by atoms with Crippen LogP contribution in [0.3, 0.4) is 0 Å². The van der Waals surface area contributed by atoms with E-state index in [1.165, 1.54) is 0 Å². The molecule has 0 aliphatic carbocycles. The molecule has 0 aliphatic heterocycles. The minimum absolute atomic E-state index is 0.849. The second-order valence-corrected chi connectivity index (χ2v) is 5.82. The van der Waals surface area contributed by atoms with Crippen LogP contribution >= 0.6 is 0 Å². The highest BCUT2D eigenvalue weighted by atomic mass is 16.5. The van der Waals surface area contributed by atoms with Crippen LogP contribution in [-0.2, 0) is 6.54 Å². The zero-order chi connectivity index (χ0) is 16.2. The van der Waals surface area contributed by atoms with Gasteiger partial charge in [-0.15, -0.1) is 0 Å². The number of hydrogen-bond donors (Lipinski definition) is 0. The molecule has 23 heavy (non-hydrogen) atoms. The molecule has 3 aromatic rings. The van der Waals surface area contributed by atoms with E-state index in [1.807, 2.05) is 42.6 Å². The molecule has 0 unspecified atom stereocenters. The Morgan fingerprint density at radius 3 is 2.61 bits per heavy atom. The molecule has 0 saturated heterocycles. The molecule has 0 amide bonds. The van der Waals surface area contributed by atoms with Crippen molar-refractivity contribution in [2.24, 2.45) is 0 Å². The molecule has 5 nitrogen and oxygen atoms in total. The van der Waals surface area contributed by atoms with Gasteiger partial charge < -0.3 is 14.2 Å². The lowest BCUT2D eigenvalue weighted by atomic mass is 10.2. The van der Waals surface area contributed by atoms with Crippen LogP contribution in [0, 0.1) is 0 Å². The Morgan fingerprint density at radius 1 is 1.13 bits per heavy atom. The van der Waals surface area contributed by atoms with Crippen molar-refractivity contribution >= 4 is 11.2 Å². The van der Waals surface area contributed by atoms with Crippen molar-refractivity contribution in [3.63, 3.8) is 0 Å². The summed E-state index contributed by atoms with van der Waals surface area (Å²) < 4.78 is 7.45. The van der Waals surface area contributed by atoms with E-state index in [4.69, 9.17) is 9.72 Å². The highest BCUT2D eigenvalue weighted by molar-refractivity contribution is 5.77. The molecule has 0 radical (unpaired) electrons. The largest absolute Gasteiger partial charge is 0.497 e. The smallest absolute Gasteiger partial charge is 0.160 e. The molecule has 0 saturated carbocycles. The number of fused-ring (bicyclic) bond motifs is 1. The highest BCUT2D eigenvalue weighted by Crippen LogP contribution is 2.25. The number of benzene rings is 1. The number of pyridine rings is 1. The maximum atomic E-state index is 5.24. The summed E-state index contributed by atoms with van der Waals surface area (Å²) in [5.41, 5.74) is 2.95. The van der Waals surface area contributed by atoms with Gasteiger partial charge in [0.25, 0.3) is 0 Å². The number of rotatable bonds is 6. The van der Waals surface area contributed by atoms with E-state index in [-0.39, 0.29) is 0 Å². The first-order valence-corrected chi connectivity index (χ1v) is 7.79. The normalized spacial score (nSPS) is 11.3. The first-order chi connectivity index (χ1) is 11.2. The lowest BCUT2D eigenvalue weighted by Crippen LogP contribution is -2.15. The van der Waals surface area contributed by atoms with Crippen molar-refractivity contribution in [2.75, 3.05) is 27.7 Å². The number of aromatic nitrogens is 3. The molecular formula is C18H22N4O. The van der Waals surface area contributed by atoms with Crippen molar-refractivity contribution in [1.82, 2.24) is 19.4 Å². The summed E-state index contributed by atoms with van der Waals surface area (Å²) in [6.07, 6.45) is 2.88. The molecule has 0 spiro atoms. The monoisotopic (exact) mass is 310 g/mol. The van der Waals surface area contributed by atoms with E-state index >= 15 is 0 Å². The molecule has 1 aromatic carbocycles. The molecule has 0 atom stereocenters. The summed E-state index contributed by atoms with van der Waals surface area (Å²) >= 11 is 0. The molecule has 0 aliphatic rings. The van der Waals surface area contributed by atoms with E-state index in [0.717, 1.165) is 47.8 Å². The third-order valence-electron chi connectivity index (χ3n) is 3.84. The summed E-state index contributed by atoms with van der Waals surface area (Å²) in [5, 5.41) is 0. The van der Waals surface area contributed by atoms with Gasteiger partial charge in [-0.05, 0) is 63.5 Å². The molecule has 5 heteroatoms. The minimum Gasteiger partial charge on any atom is -0.497 e. The van der Waals surface area contributed by atoms with E-state index < -0.39 is 0 Å². The van der Waals surface area contributed by atoms with E-state index in [9.17, 15) is 0 Å². The number of aryl methyl sites for hydroxylation is 1. The SMILES string of the molecule is COc1ccc(-c2nc3cccnc3n2CCCN(C)C)cc1. The second kappa shape index (κ2) is 6.79. The van der Waals surface area contributed by atoms with Crippen molar-refractivity contribution in [2.45, 2.75) is 13.0 Å². The van der Waals surface area contributed by atoms with Crippen LogP contribution in [0.2, 0.25) is 0 Å². The Bertz CT molecular complexity index is 777. The van der Waals surface area contributed by atoms with Crippen LogP contribution in [0.15, 0.2) is 42.6 Å².